The van der Waals surface area contributed by atoms with E-state index in [9.17, 15) is 4.91 Å². The van der Waals surface area contributed by atoms with E-state index in [1.807, 2.05) is 78.9 Å². The molecule has 5 aromatic rings. The molecule has 0 saturated carbocycles. The average molecular weight is 436 g/mol. The van der Waals surface area contributed by atoms with E-state index in [-0.39, 0.29) is 5.82 Å². The molecule has 0 spiro atoms. The lowest BCUT2D eigenvalue weighted by molar-refractivity contribution is 0.290. The fourth-order valence-electron chi connectivity index (χ4n) is 3.51. The first-order valence-electron chi connectivity index (χ1n) is 10.5. The van der Waals surface area contributed by atoms with Gasteiger partial charge in [0.05, 0.1) is 0 Å². The highest BCUT2D eigenvalue weighted by Gasteiger charge is 2.17. The number of fused-ring (bicyclic) bond motifs is 1. The summed E-state index contributed by atoms with van der Waals surface area (Å²) in [6, 6.07) is 27.0. The molecule has 3 aromatic carbocycles. The minimum absolute atomic E-state index is 0.173. The molecule has 2 heterocycles. The number of imidazole rings is 1. The van der Waals surface area contributed by atoms with Gasteiger partial charge in [0.15, 0.2) is 0 Å². The van der Waals surface area contributed by atoms with Crippen molar-refractivity contribution in [2.45, 2.75) is 13.2 Å². The van der Waals surface area contributed by atoms with Crippen molar-refractivity contribution < 1.29 is 9.47 Å². The second kappa shape index (κ2) is 9.32. The third-order valence-electron chi connectivity index (χ3n) is 5.12. The van der Waals surface area contributed by atoms with Crippen LogP contribution in [0, 0.1) is 4.91 Å². The highest BCUT2D eigenvalue weighted by molar-refractivity contribution is 5.75. The molecule has 0 unspecified atom stereocenters. The average Bonchev–Trinajstić information content (AvgIpc) is 3.26. The Hall–Kier alpha value is -4.52. The smallest absolute Gasteiger partial charge is 0.236 e. The topological polar surface area (TPSA) is 78.1 Å². The highest BCUT2D eigenvalue weighted by atomic mass is 16.5. The first-order valence-corrected chi connectivity index (χ1v) is 10.5. The van der Waals surface area contributed by atoms with Crippen LogP contribution in [-0.4, -0.2) is 14.4 Å². The third-order valence-corrected chi connectivity index (χ3v) is 5.12. The summed E-state index contributed by atoms with van der Waals surface area (Å²) in [6.07, 6.45) is 3.33. The molecule has 0 radical (unpaired) electrons. The summed E-state index contributed by atoms with van der Waals surface area (Å²) in [7, 11) is 0. The lowest BCUT2D eigenvalue weighted by Crippen LogP contribution is -1.98. The first kappa shape index (κ1) is 20.4. The van der Waals surface area contributed by atoms with Crippen molar-refractivity contribution in [1.82, 2.24) is 14.4 Å². The van der Waals surface area contributed by atoms with Crippen molar-refractivity contribution in [1.29, 1.82) is 0 Å². The quantitative estimate of drug-likeness (QED) is 0.281. The number of benzene rings is 3. The van der Waals surface area contributed by atoms with Crippen molar-refractivity contribution in [3.05, 3.63) is 113 Å². The second-order valence-corrected chi connectivity index (χ2v) is 7.41. The molecule has 7 nitrogen and oxygen atoms in total. The molecule has 0 aliphatic heterocycles. The lowest BCUT2D eigenvalue weighted by Gasteiger charge is -2.12. The number of aromatic nitrogens is 3. The predicted octanol–water partition coefficient (Wildman–Crippen LogP) is 5.95. The van der Waals surface area contributed by atoms with E-state index in [0.29, 0.717) is 41.7 Å². The van der Waals surface area contributed by atoms with Gasteiger partial charge in [-0.05, 0) is 34.5 Å². The van der Waals surface area contributed by atoms with Gasteiger partial charge in [-0.1, -0.05) is 60.7 Å². The maximum Gasteiger partial charge on any atom is 0.236 e. The van der Waals surface area contributed by atoms with Crippen LogP contribution in [0.25, 0.3) is 17.0 Å². The largest absolute Gasteiger partial charge is 0.489 e. The molecule has 0 aliphatic carbocycles. The van der Waals surface area contributed by atoms with Crippen LogP contribution in [0.3, 0.4) is 0 Å². The molecule has 7 heteroatoms. The number of nitroso groups, excluding NO2 is 1. The minimum Gasteiger partial charge on any atom is -0.489 e. The fraction of sp³-hybridized carbons (Fsp3) is 0.0769. The van der Waals surface area contributed by atoms with E-state index in [1.54, 1.807) is 22.9 Å². The Morgan fingerprint density at radius 3 is 1.97 bits per heavy atom. The molecular formula is C26H20N4O3. The Morgan fingerprint density at radius 1 is 0.788 bits per heavy atom. The molecule has 0 fully saturated rings. The summed E-state index contributed by atoms with van der Waals surface area (Å²) >= 11 is 0. The number of nitrogens with zero attached hydrogens (tertiary/aromatic N) is 4. The van der Waals surface area contributed by atoms with Crippen LogP contribution in [0.15, 0.2) is 102 Å². The number of ether oxygens (including phenoxy) is 2. The van der Waals surface area contributed by atoms with E-state index >= 15 is 0 Å². The van der Waals surface area contributed by atoms with Crippen LogP contribution >= 0.6 is 0 Å². The summed E-state index contributed by atoms with van der Waals surface area (Å²) in [5.74, 6) is 1.76. The normalized spacial score (nSPS) is 10.8. The molecule has 5 rings (SSSR count). The van der Waals surface area contributed by atoms with Gasteiger partial charge < -0.3 is 9.47 Å². The zero-order chi connectivity index (χ0) is 22.5. The van der Waals surface area contributed by atoms with Crippen LogP contribution in [0.1, 0.15) is 11.1 Å². The fourth-order valence-corrected chi connectivity index (χ4v) is 3.51. The summed E-state index contributed by atoms with van der Waals surface area (Å²) < 4.78 is 13.7. The molecular weight excluding hydrogens is 416 g/mol. The van der Waals surface area contributed by atoms with Gasteiger partial charge in [-0.25, -0.2) is 9.97 Å². The highest BCUT2D eigenvalue weighted by Crippen LogP contribution is 2.35. The summed E-state index contributed by atoms with van der Waals surface area (Å²) in [5, 5.41) is 3.21. The standard InChI is InChI=1S/C26H20N4O3/c31-29-25-24(28-26-27-12-7-13-30(25)26)21-14-22(32-17-19-8-3-1-4-9-19)16-23(15-21)33-18-20-10-5-2-6-11-20/h1-16H,17-18H2. The Morgan fingerprint density at radius 2 is 1.39 bits per heavy atom. The number of hydrogen-bond donors (Lipinski definition) is 0. The van der Waals surface area contributed by atoms with E-state index in [1.165, 1.54) is 0 Å². The third kappa shape index (κ3) is 4.57. The van der Waals surface area contributed by atoms with Crippen molar-refractivity contribution in [3.63, 3.8) is 0 Å². The monoisotopic (exact) mass is 436 g/mol. The molecule has 2 aromatic heterocycles. The molecule has 0 amide bonds. The summed E-state index contributed by atoms with van der Waals surface area (Å²) in [6.45, 7) is 0.794. The molecule has 0 bridgehead atoms. The Balaban J connectivity index is 1.51. The van der Waals surface area contributed by atoms with Crippen molar-refractivity contribution in [2.75, 3.05) is 0 Å². The van der Waals surface area contributed by atoms with Gasteiger partial charge in [0.25, 0.3) is 0 Å². The lowest BCUT2D eigenvalue weighted by atomic mass is 10.1. The van der Waals surface area contributed by atoms with Crippen LogP contribution in [0.5, 0.6) is 11.5 Å². The predicted molar refractivity (Wildman–Crippen MR) is 125 cm³/mol. The maximum absolute atomic E-state index is 11.7. The van der Waals surface area contributed by atoms with E-state index < -0.39 is 0 Å². The van der Waals surface area contributed by atoms with Crippen molar-refractivity contribution in [3.8, 4) is 22.8 Å². The minimum atomic E-state index is 0.173. The van der Waals surface area contributed by atoms with E-state index in [4.69, 9.17) is 9.47 Å². The van der Waals surface area contributed by atoms with E-state index in [2.05, 4.69) is 15.1 Å². The SMILES string of the molecule is O=Nc1c(-c2cc(OCc3ccccc3)cc(OCc3ccccc3)c2)nc2ncccn12. The second-order valence-electron chi connectivity index (χ2n) is 7.41. The van der Waals surface area contributed by atoms with Crippen molar-refractivity contribution in [2.24, 2.45) is 5.18 Å². The zero-order valence-electron chi connectivity index (χ0n) is 17.7. The van der Waals surface area contributed by atoms with Gasteiger partial charge in [0, 0.05) is 24.0 Å². The van der Waals surface area contributed by atoms with Gasteiger partial charge in [-0.15, -0.1) is 4.91 Å². The summed E-state index contributed by atoms with van der Waals surface area (Å²) in [4.78, 5) is 20.4. The molecule has 0 saturated heterocycles. The molecule has 0 N–H and O–H groups in total. The molecule has 0 atom stereocenters. The molecule has 162 valence electrons. The van der Waals surface area contributed by atoms with Crippen molar-refractivity contribution >= 4 is 11.6 Å². The van der Waals surface area contributed by atoms with Gasteiger partial charge >= 0.3 is 0 Å². The summed E-state index contributed by atoms with van der Waals surface area (Å²) in [5.41, 5.74) is 3.16. The molecule has 33 heavy (non-hydrogen) atoms. The zero-order valence-corrected chi connectivity index (χ0v) is 17.7. The number of hydrogen-bond acceptors (Lipinski definition) is 6. The van der Waals surface area contributed by atoms with Crippen LogP contribution in [-0.2, 0) is 13.2 Å². The Bertz CT molecular complexity index is 1320. The van der Waals surface area contributed by atoms with Gasteiger partial charge in [0.1, 0.15) is 30.4 Å². The number of rotatable bonds is 8. The van der Waals surface area contributed by atoms with Gasteiger partial charge in [0.2, 0.25) is 11.6 Å². The van der Waals surface area contributed by atoms with Gasteiger partial charge in [-0.2, -0.15) is 0 Å². The van der Waals surface area contributed by atoms with Crippen LogP contribution < -0.4 is 9.47 Å². The first-order chi connectivity index (χ1) is 16.3. The van der Waals surface area contributed by atoms with E-state index in [0.717, 1.165) is 11.1 Å². The Kier molecular flexibility index (Phi) is 5.75. The maximum atomic E-state index is 11.7. The van der Waals surface area contributed by atoms with Crippen LogP contribution in [0.4, 0.5) is 5.82 Å². The van der Waals surface area contributed by atoms with Crippen LogP contribution in [0.2, 0.25) is 0 Å². The van der Waals surface area contributed by atoms with Gasteiger partial charge in [-0.3, -0.25) is 4.40 Å². The Labute approximate surface area is 190 Å². The molecule has 0 aliphatic rings.